The molecule has 1 aliphatic carbocycles. The van der Waals surface area contributed by atoms with Crippen LogP contribution in [0.4, 0.5) is 13.2 Å². The number of alkyl halides is 3. The van der Waals surface area contributed by atoms with E-state index in [0.29, 0.717) is 11.8 Å². The highest BCUT2D eigenvalue weighted by Gasteiger charge is 2.45. The molecule has 2 aromatic rings. The number of nitrogens with zero attached hydrogens (tertiary/aromatic N) is 3. The lowest BCUT2D eigenvalue weighted by Gasteiger charge is -2.27. The zero-order valence-electron chi connectivity index (χ0n) is 22.2. The first kappa shape index (κ1) is 31.8. The number of rotatable bonds is 15. The summed E-state index contributed by atoms with van der Waals surface area (Å²) in [6.07, 6.45) is 9.81. The fourth-order valence-electron chi connectivity index (χ4n) is 3.99. The molecule has 214 valence electrons. The minimum atomic E-state index is -4.52. The van der Waals surface area contributed by atoms with E-state index in [1.54, 1.807) is 0 Å². The van der Waals surface area contributed by atoms with Gasteiger partial charge in [0.15, 0.2) is 18.1 Å². The van der Waals surface area contributed by atoms with E-state index in [9.17, 15) is 18.0 Å². The Morgan fingerprint density at radius 3 is 2.34 bits per heavy atom. The van der Waals surface area contributed by atoms with Gasteiger partial charge in [0.2, 0.25) is 5.89 Å². The normalized spacial score (nSPS) is 14.9. The van der Waals surface area contributed by atoms with E-state index < -0.39 is 24.4 Å². The zero-order valence-corrected chi connectivity index (χ0v) is 23.0. The number of carbonyl (C=O) groups is 1. The summed E-state index contributed by atoms with van der Waals surface area (Å²) < 4.78 is 45.0. The minimum absolute atomic E-state index is 0.0983. The molecule has 12 heteroatoms. The van der Waals surface area contributed by atoms with Gasteiger partial charge in [-0.1, -0.05) is 68.6 Å². The van der Waals surface area contributed by atoms with Gasteiger partial charge in [-0.05, 0) is 38.6 Å². The second-order valence-electron chi connectivity index (χ2n) is 9.72. The molecule has 1 atom stereocenters. The predicted octanol–water partition coefficient (Wildman–Crippen LogP) is 7.11. The number of hydrogen-bond donors (Lipinski definition) is 2. The molecule has 0 saturated heterocycles. The van der Waals surface area contributed by atoms with Crippen molar-refractivity contribution in [1.82, 2.24) is 20.4 Å². The number of pyridine rings is 1. The van der Waals surface area contributed by atoms with Crippen LogP contribution in [0.15, 0.2) is 16.8 Å². The van der Waals surface area contributed by atoms with Crippen LogP contribution >= 0.6 is 11.6 Å². The Morgan fingerprint density at radius 2 is 1.82 bits per heavy atom. The maximum absolute atomic E-state index is 11.8. The van der Waals surface area contributed by atoms with E-state index in [-0.39, 0.29) is 16.3 Å². The smallest absolute Gasteiger partial charge is 0.422 e. The molecule has 3 rings (SSSR count). The first-order chi connectivity index (χ1) is 18.0. The molecule has 2 aromatic heterocycles. The maximum Gasteiger partial charge on any atom is 0.422 e. The lowest BCUT2D eigenvalue weighted by atomic mass is 9.94. The Labute approximate surface area is 226 Å². The van der Waals surface area contributed by atoms with Gasteiger partial charge in [-0.25, -0.2) is 9.78 Å². The van der Waals surface area contributed by atoms with Crippen LogP contribution in [0.3, 0.4) is 0 Å². The van der Waals surface area contributed by atoms with Crippen molar-refractivity contribution in [2.45, 2.75) is 96.7 Å². The van der Waals surface area contributed by atoms with Crippen LogP contribution in [-0.4, -0.2) is 45.5 Å². The molecule has 2 N–H and O–H groups in total. The van der Waals surface area contributed by atoms with Crippen LogP contribution in [0.5, 0.6) is 5.75 Å². The number of carboxylic acids is 1. The Bertz CT molecular complexity index is 1000. The van der Waals surface area contributed by atoms with Crippen LogP contribution in [0.1, 0.15) is 100 Å². The molecule has 0 spiro atoms. The summed E-state index contributed by atoms with van der Waals surface area (Å²) in [6, 6.07) is 0.830. The van der Waals surface area contributed by atoms with Gasteiger partial charge < -0.3 is 19.7 Å². The fraction of sp³-hybridized carbons (Fsp3) is 0.692. The van der Waals surface area contributed by atoms with Crippen LogP contribution in [-0.2, 0) is 5.54 Å². The average molecular weight is 563 g/mol. The summed E-state index contributed by atoms with van der Waals surface area (Å²) in [5.41, 5.74) is -0.541. The van der Waals surface area contributed by atoms with Crippen LogP contribution in [0.2, 0.25) is 5.02 Å². The standard InChI is InChI=1S/C18H33N3O.C8H5ClF3NO3/c1-4-5-6-7-8-9-10-11-14-19-18(3,16-12-13-16)17-20-15(2)22-21-17;9-4-2-13-5(7(14)15)1-6(4)16-3-8(10,11)12/h16,19H,4-14H2,1-3H3;1-2H,3H2,(H,14,15)/t18-;/m0./s1. The van der Waals surface area contributed by atoms with E-state index in [4.69, 9.17) is 21.2 Å². The van der Waals surface area contributed by atoms with Crippen molar-refractivity contribution in [3.05, 3.63) is 34.7 Å². The number of ether oxygens (including phenoxy) is 1. The van der Waals surface area contributed by atoms with Crippen LogP contribution in [0.25, 0.3) is 0 Å². The van der Waals surface area contributed by atoms with E-state index in [1.807, 2.05) is 6.92 Å². The van der Waals surface area contributed by atoms with Gasteiger partial charge >= 0.3 is 12.1 Å². The third kappa shape index (κ3) is 11.1. The van der Waals surface area contributed by atoms with Crippen LogP contribution < -0.4 is 10.1 Å². The Hall–Kier alpha value is -2.40. The van der Waals surface area contributed by atoms with Gasteiger partial charge in [0.05, 0.1) is 11.7 Å². The molecule has 1 aliphatic rings. The Balaban J connectivity index is 0.000000281. The van der Waals surface area contributed by atoms with Gasteiger partial charge in [0.25, 0.3) is 0 Å². The first-order valence-corrected chi connectivity index (χ1v) is 13.5. The largest absolute Gasteiger partial charge is 0.482 e. The van der Waals surface area contributed by atoms with Crippen molar-refractivity contribution in [2.24, 2.45) is 5.92 Å². The minimum Gasteiger partial charge on any atom is -0.482 e. The highest BCUT2D eigenvalue weighted by Crippen LogP contribution is 2.44. The number of halogens is 4. The molecular weight excluding hydrogens is 525 g/mol. The molecule has 0 aromatic carbocycles. The monoisotopic (exact) mass is 562 g/mol. The Kier molecular flexibility index (Phi) is 12.8. The highest BCUT2D eigenvalue weighted by atomic mass is 35.5. The quantitative estimate of drug-likeness (QED) is 0.221. The van der Waals surface area contributed by atoms with Crippen LogP contribution in [0, 0.1) is 12.8 Å². The maximum atomic E-state index is 11.8. The van der Waals surface area contributed by atoms with E-state index in [2.05, 4.69) is 39.0 Å². The summed E-state index contributed by atoms with van der Waals surface area (Å²) in [5.74, 6) is 0.418. The average Bonchev–Trinajstić information content (AvgIpc) is 3.63. The molecule has 1 saturated carbocycles. The topological polar surface area (TPSA) is 110 Å². The van der Waals surface area contributed by atoms with E-state index in [1.165, 1.54) is 64.2 Å². The highest BCUT2D eigenvalue weighted by molar-refractivity contribution is 6.32. The third-order valence-corrected chi connectivity index (χ3v) is 6.62. The molecular formula is C26H38ClF3N4O4. The summed E-state index contributed by atoms with van der Waals surface area (Å²) >= 11 is 5.48. The lowest BCUT2D eigenvalue weighted by molar-refractivity contribution is -0.153. The second-order valence-corrected chi connectivity index (χ2v) is 10.1. The van der Waals surface area contributed by atoms with Crippen molar-refractivity contribution in [1.29, 1.82) is 0 Å². The van der Waals surface area contributed by atoms with E-state index >= 15 is 0 Å². The van der Waals surface area contributed by atoms with Gasteiger partial charge in [0, 0.05) is 13.0 Å². The van der Waals surface area contributed by atoms with Crippen molar-refractivity contribution in [2.75, 3.05) is 13.2 Å². The number of nitrogens with one attached hydrogen (secondary N) is 1. The SMILES string of the molecule is CCCCCCCCCCN[C@](C)(c1noc(C)n1)C1CC1.O=C(O)c1cc(OCC(F)(F)F)c(Cl)cn1. The third-order valence-electron chi connectivity index (χ3n) is 6.34. The molecule has 0 aliphatic heterocycles. The molecule has 38 heavy (non-hydrogen) atoms. The number of unbranched alkanes of at least 4 members (excludes halogenated alkanes) is 7. The van der Waals surface area contributed by atoms with Crippen molar-refractivity contribution < 1.29 is 32.3 Å². The van der Waals surface area contributed by atoms with Crippen molar-refractivity contribution in [3.63, 3.8) is 0 Å². The van der Waals surface area contributed by atoms with E-state index in [0.717, 1.165) is 24.6 Å². The molecule has 1 fully saturated rings. The number of carboxylic acid groups (broad SMARTS) is 1. The van der Waals surface area contributed by atoms with Gasteiger partial charge in [0.1, 0.15) is 10.8 Å². The summed E-state index contributed by atoms with van der Waals surface area (Å²) in [5, 5.41) is 16.2. The second kappa shape index (κ2) is 15.3. The lowest BCUT2D eigenvalue weighted by Crippen LogP contribution is -2.43. The summed E-state index contributed by atoms with van der Waals surface area (Å²) in [4.78, 5) is 18.3. The first-order valence-electron chi connectivity index (χ1n) is 13.1. The van der Waals surface area contributed by atoms with Gasteiger partial charge in [-0.15, -0.1) is 0 Å². The number of aromatic carboxylic acids is 1. The van der Waals surface area contributed by atoms with Crippen molar-refractivity contribution >= 4 is 17.6 Å². The molecule has 2 heterocycles. The fourth-order valence-corrected chi connectivity index (χ4v) is 4.15. The number of aromatic nitrogens is 3. The van der Waals surface area contributed by atoms with Gasteiger partial charge in [-0.2, -0.15) is 18.2 Å². The van der Waals surface area contributed by atoms with Crippen molar-refractivity contribution in [3.8, 4) is 5.75 Å². The molecule has 0 bridgehead atoms. The zero-order chi connectivity index (χ0) is 28.2. The molecule has 0 radical (unpaired) electrons. The molecule has 0 amide bonds. The number of hydrogen-bond acceptors (Lipinski definition) is 7. The summed E-state index contributed by atoms with van der Waals surface area (Å²) in [7, 11) is 0. The number of aryl methyl sites for hydroxylation is 1. The summed E-state index contributed by atoms with van der Waals surface area (Å²) in [6.45, 7) is 5.88. The Morgan fingerprint density at radius 1 is 1.18 bits per heavy atom. The molecule has 8 nitrogen and oxygen atoms in total. The predicted molar refractivity (Wildman–Crippen MR) is 137 cm³/mol. The van der Waals surface area contributed by atoms with Gasteiger partial charge in [-0.3, -0.25) is 0 Å². The molecule has 0 unspecified atom stereocenters.